The number of aliphatic carboxylic acids is 1. The molecule has 148 valence electrons. The molecule has 0 bridgehead atoms. The molecular formula is C20H18F3NO4. The van der Waals surface area contributed by atoms with Crippen LogP contribution in [0, 0.1) is 29.3 Å². The molecule has 2 atom stereocenters. The third kappa shape index (κ3) is 3.90. The third-order valence-electron chi connectivity index (χ3n) is 5.08. The van der Waals surface area contributed by atoms with E-state index in [2.05, 4.69) is 4.98 Å². The van der Waals surface area contributed by atoms with Crippen LogP contribution in [-0.2, 0) is 4.79 Å². The molecule has 0 radical (unpaired) electrons. The summed E-state index contributed by atoms with van der Waals surface area (Å²) in [4.78, 5) is 15.0. The number of hydrogen-bond acceptors (Lipinski definition) is 4. The van der Waals surface area contributed by atoms with Gasteiger partial charge in [0.1, 0.15) is 11.9 Å². The molecule has 0 spiro atoms. The van der Waals surface area contributed by atoms with Crippen molar-refractivity contribution in [3.63, 3.8) is 0 Å². The van der Waals surface area contributed by atoms with Crippen molar-refractivity contribution >= 4 is 5.97 Å². The summed E-state index contributed by atoms with van der Waals surface area (Å²) >= 11 is 0. The Morgan fingerprint density at radius 1 is 1.14 bits per heavy atom. The number of nitrogens with zero attached hydrogens (tertiary/aromatic N) is 1. The molecule has 0 saturated heterocycles. The molecule has 5 nitrogen and oxygen atoms in total. The summed E-state index contributed by atoms with van der Waals surface area (Å²) in [5, 5.41) is 8.86. The van der Waals surface area contributed by atoms with Gasteiger partial charge < -0.3 is 14.6 Å². The standard InChI is InChI=1S/C20H18F3NO4/c21-12-7-17(24-18(8-12)28-13-2-1-3-13)10-5-15(22)19(16(23)6-10)27-9-11-4-14(11)20(25)26/h5-8,11,13-14H,1-4,9H2,(H,25,26). The van der Waals surface area contributed by atoms with E-state index in [4.69, 9.17) is 14.6 Å². The Labute approximate surface area is 159 Å². The van der Waals surface area contributed by atoms with Crippen molar-refractivity contribution < 1.29 is 32.5 Å². The normalized spacial score (nSPS) is 21.1. The van der Waals surface area contributed by atoms with Gasteiger partial charge >= 0.3 is 5.97 Å². The SMILES string of the molecule is O=C(O)C1CC1COc1c(F)cc(-c2cc(F)cc(OC3CCC3)n2)cc1F. The van der Waals surface area contributed by atoms with E-state index in [1.54, 1.807) is 0 Å². The Kier molecular flexibility index (Phi) is 4.87. The number of benzene rings is 1. The lowest BCUT2D eigenvalue weighted by atomic mass is 9.96. The fourth-order valence-corrected chi connectivity index (χ4v) is 3.11. The Morgan fingerprint density at radius 3 is 2.43 bits per heavy atom. The Bertz CT molecular complexity index is 893. The molecule has 0 aliphatic heterocycles. The van der Waals surface area contributed by atoms with Crippen molar-refractivity contribution in [1.82, 2.24) is 4.98 Å². The van der Waals surface area contributed by atoms with Gasteiger partial charge in [-0.15, -0.1) is 0 Å². The minimum atomic E-state index is -0.963. The van der Waals surface area contributed by atoms with Crippen LogP contribution in [0.15, 0.2) is 24.3 Å². The number of rotatable bonds is 7. The van der Waals surface area contributed by atoms with Gasteiger partial charge in [0.2, 0.25) is 5.88 Å². The Hall–Kier alpha value is -2.77. The number of pyridine rings is 1. The topological polar surface area (TPSA) is 68.7 Å². The molecule has 1 heterocycles. The van der Waals surface area contributed by atoms with Crippen molar-refractivity contribution in [2.45, 2.75) is 31.8 Å². The van der Waals surface area contributed by atoms with Crippen LogP contribution in [0.5, 0.6) is 11.6 Å². The second-order valence-corrected chi connectivity index (χ2v) is 7.20. The van der Waals surface area contributed by atoms with Crippen LogP contribution < -0.4 is 9.47 Å². The predicted molar refractivity (Wildman–Crippen MR) is 92.5 cm³/mol. The molecule has 1 aromatic heterocycles. The third-order valence-corrected chi connectivity index (χ3v) is 5.08. The van der Waals surface area contributed by atoms with E-state index in [9.17, 15) is 18.0 Å². The number of aromatic nitrogens is 1. The first kappa shape index (κ1) is 18.6. The minimum absolute atomic E-state index is 0.0107. The van der Waals surface area contributed by atoms with Gasteiger partial charge in [0, 0.05) is 23.6 Å². The molecule has 2 saturated carbocycles. The summed E-state index contributed by atoms with van der Waals surface area (Å²) in [6, 6.07) is 4.23. The summed E-state index contributed by atoms with van der Waals surface area (Å²) in [6.07, 6.45) is 3.19. The lowest BCUT2D eigenvalue weighted by molar-refractivity contribution is -0.138. The molecule has 2 fully saturated rings. The van der Waals surface area contributed by atoms with E-state index in [0.717, 1.165) is 43.5 Å². The zero-order chi connectivity index (χ0) is 19.8. The first-order valence-electron chi connectivity index (χ1n) is 9.10. The second kappa shape index (κ2) is 7.33. The van der Waals surface area contributed by atoms with Gasteiger partial charge in [-0.25, -0.2) is 18.2 Å². The highest BCUT2D eigenvalue weighted by Crippen LogP contribution is 2.39. The van der Waals surface area contributed by atoms with Gasteiger partial charge in [-0.2, -0.15) is 0 Å². The van der Waals surface area contributed by atoms with Crippen molar-refractivity contribution in [2.75, 3.05) is 6.61 Å². The highest BCUT2D eigenvalue weighted by molar-refractivity contribution is 5.73. The van der Waals surface area contributed by atoms with E-state index < -0.39 is 35.1 Å². The number of carbonyl (C=O) groups is 1. The monoisotopic (exact) mass is 393 g/mol. The van der Waals surface area contributed by atoms with Crippen LogP contribution in [0.1, 0.15) is 25.7 Å². The van der Waals surface area contributed by atoms with Gasteiger partial charge in [-0.3, -0.25) is 4.79 Å². The number of carboxylic acids is 1. The quantitative estimate of drug-likeness (QED) is 0.764. The maximum atomic E-state index is 14.4. The second-order valence-electron chi connectivity index (χ2n) is 7.20. The van der Waals surface area contributed by atoms with E-state index in [1.807, 2.05) is 0 Å². The average Bonchev–Trinajstić information content (AvgIpc) is 3.37. The molecule has 2 unspecified atom stereocenters. The smallest absolute Gasteiger partial charge is 0.306 e. The molecule has 8 heteroatoms. The van der Waals surface area contributed by atoms with Crippen LogP contribution in [-0.4, -0.2) is 28.8 Å². The highest BCUT2D eigenvalue weighted by Gasteiger charge is 2.43. The number of ether oxygens (including phenoxy) is 2. The average molecular weight is 393 g/mol. The van der Waals surface area contributed by atoms with Gasteiger partial charge in [0.15, 0.2) is 17.4 Å². The molecule has 0 amide bonds. The van der Waals surface area contributed by atoms with Crippen LogP contribution in [0.4, 0.5) is 13.2 Å². The van der Waals surface area contributed by atoms with Gasteiger partial charge in [-0.1, -0.05) is 0 Å². The summed E-state index contributed by atoms with van der Waals surface area (Å²) in [6.45, 7) is -0.0816. The van der Waals surface area contributed by atoms with Crippen molar-refractivity contribution in [3.8, 4) is 22.9 Å². The molecule has 28 heavy (non-hydrogen) atoms. The minimum Gasteiger partial charge on any atom is -0.487 e. The van der Waals surface area contributed by atoms with E-state index in [1.165, 1.54) is 0 Å². The van der Waals surface area contributed by atoms with Gasteiger partial charge in [0.25, 0.3) is 0 Å². The summed E-state index contributed by atoms with van der Waals surface area (Å²) in [5.41, 5.74) is 0.0990. The molecule has 4 rings (SSSR count). The first-order chi connectivity index (χ1) is 13.4. The fraction of sp³-hybridized carbons (Fsp3) is 0.400. The number of halogens is 3. The van der Waals surface area contributed by atoms with E-state index in [-0.39, 0.29) is 35.8 Å². The van der Waals surface area contributed by atoms with E-state index in [0.29, 0.717) is 6.42 Å². The first-order valence-corrected chi connectivity index (χ1v) is 9.10. The molecule has 2 aromatic rings. The maximum absolute atomic E-state index is 14.4. The molecule has 2 aliphatic rings. The Morgan fingerprint density at radius 2 is 1.86 bits per heavy atom. The zero-order valence-electron chi connectivity index (χ0n) is 14.8. The highest BCUT2D eigenvalue weighted by atomic mass is 19.1. The van der Waals surface area contributed by atoms with Gasteiger partial charge in [-0.05, 0) is 37.8 Å². The Balaban J connectivity index is 1.51. The summed E-state index contributed by atoms with van der Waals surface area (Å²) in [5.74, 6) is -4.78. The molecule has 1 aromatic carbocycles. The van der Waals surface area contributed by atoms with Gasteiger partial charge in [0.05, 0.1) is 18.2 Å². The van der Waals surface area contributed by atoms with Crippen molar-refractivity contribution in [3.05, 3.63) is 41.7 Å². The molecular weight excluding hydrogens is 375 g/mol. The zero-order valence-corrected chi connectivity index (χ0v) is 14.8. The summed E-state index contributed by atoms with van der Waals surface area (Å²) < 4.78 is 53.4. The fourth-order valence-electron chi connectivity index (χ4n) is 3.11. The number of carboxylic acid groups (broad SMARTS) is 1. The van der Waals surface area contributed by atoms with E-state index >= 15 is 0 Å². The lowest BCUT2D eigenvalue weighted by Crippen LogP contribution is -2.25. The van der Waals surface area contributed by atoms with Crippen molar-refractivity contribution in [1.29, 1.82) is 0 Å². The summed E-state index contributed by atoms with van der Waals surface area (Å²) in [7, 11) is 0. The lowest BCUT2D eigenvalue weighted by Gasteiger charge is -2.25. The maximum Gasteiger partial charge on any atom is 0.306 e. The van der Waals surface area contributed by atoms with Crippen molar-refractivity contribution in [2.24, 2.45) is 11.8 Å². The molecule has 2 aliphatic carbocycles. The van der Waals surface area contributed by atoms with Crippen LogP contribution in [0.3, 0.4) is 0 Å². The predicted octanol–water partition coefficient (Wildman–Crippen LogP) is 4.20. The van der Waals surface area contributed by atoms with Crippen LogP contribution >= 0.6 is 0 Å². The van der Waals surface area contributed by atoms with Crippen LogP contribution in [0.25, 0.3) is 11.3 Å². The molecule has 1 N–H and O–H groups in total. The van der Waals surface area contributed by atoms with Crippen LogP contribution in [0.2, 0.25) is 0 Å². The largest absolute Gasteiger partial charge is 0.487 e. The number of hydrogen-bond donors (Lipinski definition) is 1.